The highest BCUT2D eigenvalue weighted by Gasteiger charge is 2.44. The molecule has 27 heavy (non-hydrogen) atoms. The molecule has 1 aliphatic heterocycles. The van der Waals surface area contributed by atoms with Gasteiger partial charge in [-0.3, -0.25) is 4.79 Å². The zero-order valence-corrected chi connectivity index (χ0v) is 16.4. The molecule has 0 unspecified atom stereocenters. The van der Waals surface area contributed by atoms with Gasteiger partial charge in [-0.15, -0.1) is 11.8 Å². The summed E-state index contributed by atoms with van der Waals surface area (Å²) in [7, 11) is 0. The topological polar surface area (TPSA) is 95.9 Å². The van der Waals surface area contributed by atoms with Crippen LogP contribution in [0.1, 0.15) is 38.6 Å². The highest BCUT2D eigenvalue weighted by atomic mass is 32.2. The molecule has 9 heteroatoms. The third-order valence-electron chi connectivity index (χ3n) is 3.81. The van der Waals surface area contributed by atoms with Gasteiger partial charge in [0.25, 0.3) is 0 Å². The van der Waals surface area contributed by atoms with Crippen LogP contribution in [0.15, 0.2) is 24.3 Å². The third kappa shape index (κ3) is 5.12. The molecular weight excluding hydrogens is 375 g/mol. The Balaban J connectivity index is 2.23. The summed E-state index contributed by atoms with van der Waals surface area (Å²) >= 11 is 1.17. The van der Waals surface area contributed by atoms with Gasteiger partial charge < -0.3 is 20.1 Å². The molecule has 1 aromatic rings. The predicted octanol–water partition coefficient (Wildman–Crippen LogP) is 2.77. The summed E-state index contributed by atoms with van der Waals surface area (Å²) in [5, 5.41) is 11.1. The van der Waals surface area contributed by atoms with E-state index in [1.54, 1.807) is 26.8 Å². The van der Waals surface area contributed by atoms with E-state index >= 15 is 0 Å². The van der Waals surface area contributed by atoms with Gasteiger partial charge in [0.15, 0.2) is 0 Å². The number of carbonyl (C=O) groups excluding carboxylic acids is 2. The number of benzene rings is 1. The number of carboxylic acids is 1. The molecule has 0 aliphatic carbocycles. The van der Waals surface area contributed by atoms with Crippen LogP contribution in [0.4, 0.5) is 9.18 Å². The van der Waals surface area contributed by atoms with Crippen molar-refractivity contribution in [1.29, 1.82) is 0 Å². The molecule has 7 nitrogen and oxygen atoms in total. The van der Waals surface area contributed by atoms with Crippen LogP contribution < -0.4 is 5.32 Å². The quantitative estimate of drug-likeness (QED) is 0.810. The fourth-order valence-electron chi connectivity index (χ4n) is 2.65. The lowest BCUT2D eigenvalue weighted by Gasteiger charge is -2.30. The van der Waals surface area contributed by atoms with Crippen molar-refractivity contribution in [2.75, 3.05) is 5.75 Å². The molecule has 0 radical (unpaired) electrons. The fourth-order valence-corrected chi connectivity index (χ4v) is 4.10. The van der Waals surface area contributed by atoms with Crippen molar-refractivity contribution in [3.8, 4) is 0 Å². The van der Waals surface area contributed by atoms with Crippen molar-refractivity contribution in [3.05, 3.63) is 35.6 Å². The average Bonchev–Trinajstić information content (AvgIpc) is 2.97. The number of hydrogen-bond donors (Lipinski definition) is 2. The minimum Gasteiger partial charge on any atom is -0.480 e. The van der Waals surface area contributed by atoms with E-state index < -0.39 is 46.8 Å². The first-order valence-electron chi connectivity index (χ1n) is 8.42. The number of aliphatic carboxylic acids is 1. The SMILES string of the molecule is C[C@@H](NC(=O)OC(C)(C)C)C(=O)N1[C@@H](c2ccccc2F)SC[C@H]1C(=O)O. The summed E-state index contributed by atoms with van der Waals surface area (Å²) in [5.41, 5.74) is -0.514. The van der Waals surface area contributed by atoms with E-state index in [9.17, 15) is 23.9 Å². The molecule has 3 atom stereocenters. The van der Waals surface area contributed by atoms with Crippen molar-refractivity contribution in [3.63, 3.8) is 0 Å². The Morgan fingerprint density at radius 2 is 1.96 bits per heavy atom. The number of nitrogens with zero attached hydrogens (tertiary/aromatic N) is 1. The van der Waals surface area contributed by atoms with Crippen LogP contribution in [0.5, 0.6) is 0 Å². The third-order valence-corrected chi connectivity index (χ3v) is 5.12. The Morgan fingerprint density at radius 1 is 1.33 bits per heavy atom. The monoisotopic (exact) mass is 398 g/mol. The second-order valence-corrected chi connectivity index (χ2v) is 8.29. The van der Waals surface area contributed by atoms with Gasteiger partial charge in [0.2, 0.25) is 5.91 Å². The van der Waals surface area contributed by atoms with Crippen LogP contribution in [-0.4, -0.2) is 51.4 Å². The van der Waals surface area contributed by atoms with Gasteiger partial charge in [-0.1, -0.05) is 18.2 Å². The van der Waals surface area contributed by atoms with E-state index in [1.807, 2.05) is 0 Å². The number of rotatable bonds is 4. The van der Waals surface area contributed by atoms with E-state index in [-0.39, 0.29) is 11.3 Å². The molecule has 1 aromatic carbocycles. The largest absolute Gasteiger partial charge is 0.480 e. The number of alkyl carbamates (subject to hydrolysis) is 1. The fraction of sp³-hybridized carbons (Fsp3) is 0.500. The lowest BCUT2D eigenvalue weighted by Crippen LogP contribution is -2.52. The minimum atomic E-state index is -1.18. The van der Waals surface area contributed by atoms with Crippen molar-refractivity contribution >= 4 is 29.7 Å². The summed E-state index contributed by atoms with van der Waals surface area (Å²) in [6.07, 6.45) is -0.787. The summed E-state index contributed by atoms with van der Waals surface area (Å²) < 4.78 is 19.3. The number of carboxylic acid groups (broad SMARTS) is 1. The zero-order chi connectivity index (χ0) is 20.4. The van der Waals surface area contributed by atoms with Crippen LogP contribution in [0.2, 0.25) is 0 Å². The molecule has 2 rings (SSSR count). The maximum atomic E-state index is 14.2. The van der Waals surface area contributed by atoms with Gasteiger partial charge in [0.05, 0.1) is 0 Å². The summed E-state index contributed by atoms with van der Waals surface area (Å²) in [6.45, 7) is 6.49. The van der Waals surface area contributed by atoms with E-state index in [0.29, 0.717) is 0 Å². The molecule has 0 saturated carbocycles. The van der Waals surface area contributed by atoms with Gasteiger partial charge in [0.1, 0.15) is 28.9 Å². The maximum Gasteiger partial charge on any atom is 0.408 e. The molecule has 1 saturated heterocycles. The molecule has 148 valence electrons. The highest BCUT2D eigenvalue weighted by molar-refractivity contribution is 7.99. The van der Waals surface area contributed by atoms with Crippen LogP contribution in [0.25, 0.3) is 0 Å². The first kappa shape index (κ1) is 21.0. The molecule has 1 fully saturated rings. The smallest absolute Gasteiger partial charge is 0.408 e. The van der Waals surface area contributed by atoms with Crippen LogP contribution >= 0.6 is 11.8 Å². The number of thioether (sulfide) groups is 1. The van der Waals surface area contributed by atoms with Crippen LogP contribution in [0, 0.1) is 5.82 Å². The van der Waals surface area contributed by atoms with Gasteiger partial charge in [0, 0.05) is 11.3 Å². The second-order valence-electron chi connectivity index (χ2n) is 7.17. The minimum absolute atomic E-state index is 0.124. The highest BCUT2D eigenvalue weighted by Crippen LogP contribution is 2.42. The van der Waals surface area contributed by atoms with Crippen LogP contribution in [-0.2, 0) is 14.3 Å². The lowest BCUT2D eigenvalue weighted by molar-refractivity contribution is -0.149. The molecule has 0 aromatic heterocycles. The van der Waals surface area contributed by atoms with Gasteiger partial charge in [-0.2, -0.15) is 0 Å². The molecule has 1 heterocycles. The van der Waals surface area contributed by atoms with Gasteiger partial charge in [-0.25, -0.2) is 14.0 Å². The standard InChI is InChI=1S/C18H23FN2O5S/c1-10(20-17(25)26-18(2,3)4)14(22)21-13(16(23)24)9-27-15(21)11-7-5-6-8-12(11)19/h5-8,10,13,15H,9H2,1-4H3,(H,20,25)(H,23,24)/t10-,13+,15-/m1/s1. The normalized spacial score (nSPS) is 20.9. The number of nitrogens with one attached hydrogen (secondary N) is 1. The molecule has 1 aliphatic rings. The summed E-state index contributed by atoms with van der Waals surface area (Å²) in [4.78, 5) is 37.6. The van der Waals surface area contributed by atoms with Gasteiger partial charge in [-0.05, 0) is 33.8 Å². The van der Waals surface area contributed by atoms with E-state index in [4.69, 9.17) is 4.74 Å². The first-order valence-corrected chi connectivity index (χ1v) is 9.46. The molecule has 2 N–H and O–H groups in total. The number of ether oxygens (including phenoxy) is 1. The molecule has 2 amide bonds. The van der Waals surface area contributed by atoms with E-state index in [2.05, 4.69) is 5.32 Å². The zero-order valence-electron chi connectivity index (χ0n) is 15.6. The van der Waals surface area contributed by atoms with Crippen molar-refractivity contribution in [2.24, 2.45) is 0 Å². The molecular formula is C18H23FN2O5S. The Labute approximate surface area is 161 Å². The summed E-state index contributed by atoms with van der Waals surface area (Å²) in [5.74, 6) is -2.20. The number of carbonyl (C=O) groups is 3. The van der Waals surface area contributed by atoms with Gasteiger partial charge >= 0.3 is 12.1 Å². The Kier molecular flexibility index (Phi) is 6.35. The Bertz CT molecular complexity index is 737. The van der Waals surface area contributed by atoms with Crippen LogP contribution in [0.3, 0.4) is 0 Å². The number of hydrogen-bond acceptors (Lipinski definition) is 5. The first-order chi connectivity index (χ1) is 12.5. The number of halogens is 1. The Hall–Kier alpha value is -2.29. The van der Waals surface area contributed by atoms with Crippen molar-refractivity contribution < 1.29 is 28.6 Å². The molecule has 0 spiro atoms. The number of amides is 2. The predicted molar refractivity (Wildman–Crippen MR) is 98.7 cm³/mol. The van der Waals surface area contributed by atoms with E-state index in [1.165, 1.54) is 36.9 Å². The van der Waals surface area contributed by atoms with Crippen molar-refractivity contribution in [2.45, 2.75) is 50.8 Å². The summed E-state index contributed by atoms with van der Waals surface area (Å²) in [6, 6.07) is 3.77. The van der Waals surface area contributed by atoms with Crippen molar-refractivity contribution in [1.82, 2.24) is 10.2 Å². The second kappa shape index (κ2) is 8.16. The maximum absolute atomic E-state index is 14.2. The average molecular weight is 398 g/mol. The lowest BCUT2D eigenvalue weighted by atomic mass is 10.1. The Morgan fingerprint density at radius 3 is 2.52 bits per heavy atom. The van der Waals surface area contributed by atoms with E-state index in [0.717, 1.165) is 4.90 Å². The molecule has 0 bridgehead atoms.